The van der Waals surface area contributed by atoms with Gasteiger partial charge in [-0.3, -0.25) is 4.79 Å². The summed E-state index contributed by atoms with van der Waals surface area (Å²) in [5, 5.41) is 9.29. The number of furan rings is 1. The summed E-state index contributed by atoms with van der Waals surface area (Å²) in [7, 11) is 0. The topological polar surface area (TPSA) is 68.9 Å². The molecule has 9 heteroatoms. The molecule has 0 bridgehead atoms. The summed E-state index contributed by atoms with van der Waals surface area (Å²) >= 11 is 1.32. The molecule has 188 valence electrons. The molecule has 0 aliphatic rings. The third kappa shape index (κ3) is 7.29. The van der Waals surface area contributed by atoms with Crippen LogP contribution in [0.3, 0.4) is 0 Å². The lowest BCUT2D eigenvalue weighted by Crippen LogP contribution is -2.27. The second kappa shape index (κ2) is 11.2. The minimum atomic E-state index is -4.41. The highest BCUT2D eigenvalue weighted by Crippen LogP contribution is 2.33. The molecular weight excluding hydrogens is 481 g/mol. The molecule has 0 aliphatic heterocycles. The van der Waals surface area contributed by atoms with Crippen molar-refractivity contribution in [3.05, 3.63) is 77.0 Å². The SMILES string of the molecule is CCOCc1oc(-c2ccc(C(F)(F)F)cc2)cc1COc1cccc(CSC(C)(C)C(=O)O)c1. The number of rotatable bonds is 11. The molecule has 1 aromatic heterocycles. The fourth-order valence-electron chi connectivity index (χ4n) is 3.08. The Labute approximate surface area is 206 Å². The van der Waals surface area contributed by atoms with Crippen LogP contribution < -0.4 is 4.74 Å². The smallest absolute Gasteiger partial charge is 0.416 e. The molecule has 5 nitrogen and oxygen atoms in total. The molecule has 1 heterocycles. The van der Waals surface area contributed by atoms with Crippen LogP contribution in [0.25, 0.3) is 11.3 Å². The predicted molar refractivity (Wildman–Crippen MR) is 128 cm³/mol. The van der Waals surface area contributed by atoms with Crippen molar-refractivity contribution in [3.63, 3.8) is 0 Å². The van der Waals surface area contributed by atoms with Crippen LogP contribution in [0.5, 0.6) is 5.75 Å². The third-order valence-electron chi connectivity index (χ3n) is 5.24. The number of ether oxygens (including phenoxy) is 2. The first-order valence-corrected chi connectivity index (χ1v) is 11.9. The van der Waals surface area contributed by atoms with Gasteiger partial charge in [-0.25, -0.2) is 0 Å². The molecule has 35 heavy (non-hydrogen) atoms. The van der Waals surface area contributed by atoms with Crippen molar-refractivity contribution in [1.29, 1.82) is 0 Å². The third-order valence-corrected chi connectivity index (χ3v) is 6.61. The Morgan fingerprint density at radius 2 is 1.77 bits per heavy atom. The maximum absolute atomic E-state index is 12.9. The number of carboxylic acids is 1. The average Bonchev–Trinajstić information content (AvgIpc) is 3.23. The minimum absolute atomic E-state index is 0.170. The molecule has 3 aromatic rings. The monoisotopic (exact) mass is 508 g/mol. The number of alkyl halides is 3. The summed E-state index contributed by atoms with van der Waals surface area (Å²) in [6.45, 7) is 6.02. The summed E-state index contributed by atoms with van der Waals surface area (Å²) in [4.78, 5) is 11.3. The second-order valence-corrected chi connectivity index (χ2v) is 9.91. The minimum Gasteiger partial charge on any atom is -0.489 e. The molecule has 1 N–H and O–H groups in total. The second-order valence-electron chi connectivity index (χ2n) is 8.31. The van der Waals surface area contributed by atoms with Crippen molar-refractivity contribution in [2.75, 3.05) is 6.61 Å². The normalized spacial score (nSPS) is 12.1. The highest BCUT2D eigenvalue weighted by molar-refractivity contribution is 8.00. The molecule has 0 unspecified atom stereocenters. The predicted octanol–water partition coefficient (Wildman–Crippen LogP) is 7.18. The van der Waals surface area contributed by atoms with Crippen molar-refractivity contribution in [3.8, 4) is 17.1 Å². The summed E-state index contributed by atoms with van der Waals surface area (Å²) in [6, 6.07) is 13.9. The van der Waals surface area contributed by atoms with Gasteiger partial charge < -0.3 is 19.0 Å². The van der Waals surface area contributed by atoms with Crippen LogP contribution >= 0.6 is 11.8 Å². The van der Waals surface area contributed by atoms with Crippen molar-refractivity contribution >= 4 is 17.7 Å². The molecule has 0 fully saturated rings. The van der Waals surface area contributed by atoms with Gasteiger partial charge in [-0.15, -0.1) is 11.8 Å². The van der Waals surface area contributed by atoms with Gasteiger partial charge in [0.25, 0.3) is 0 Å². The molecule has 2 aromatic carbocycles. The zero-order chi connectivity index (χ0) is 25.6. The Kier molecular flexibility index (Phi) is 8.56. The molecule has 0 spiro atoms. The highest BCUT2D eigenvalue weighted by atomic mass is 32.2. The molecule has 3 rings (SSSR count). The number of thioether (sulfide) groups is 1. The Balaban J connectivity index is 1.74. The van der Waals surface area contributed by atoms with E-state index in [0.717, 1.165) is 23.3 Å². The van der Waals surface area contributed by atoms with Gasteiger partial charge in [0, 0.05) is 23.5 Å². The van der Waals surface area contributed by atoms with Crippen molar-refractivity contribution < 1.29 is 37.0 Å². The summed E-state index contributed by atoms with van der Waals surface area (Å²) in [5.74, 6) is 1.21. The van der Waals surface area contributed by atoms with Gasteiger partial charge in [-0.2, -0.15) is 13.2 Å². The van der Waals surface area contributed by atoms with Crippen LogP contribution in [0.2, 0.25) is 0 Å². The fraction of sp³-hybridized carbons (Fsp3) is 0.346. The van der Waals surface area contributed by atoms with Gasteiger partial charge in [0.2, 0.25) is 0 Å². The van der Waals surface area contributed by atoms with E-state index in [2.05, 4.69) is 0 Å². The number of aliphatic carboxylic acids is 1. The van der Waals surface area contributed by atoms with E-state index in [0.29, 0.717) is 35.2 Å². The fourth-order valence-corrected chi connectivity index (χ4v) is 3.91. The number of carboxylic acid groups (broad SMARTS) is 1. The Hall–Kier alpha value is -2.91. The maximum atomic E-state index is 12.9. The quantitative estimate of drug-likeness (QED) is 0.296. The van der Waals surface area contributed by atoms with Crippen LogP contribution in [0, 0.1) is 0 Å². The molecule has 0 amide bonds. The van der Waals surface area contributed by atoms with Crippen LogP contribution in [0.4, 0.5) is 13.2 Å². The van der Waals surface area contributed by atoms with E-state index in [1.54, 1.807) is 26.0 Å². The van der Waals surface area contributed by atoms with Crippen molar-refractivity contribution in [2.24, 2.45) is 0 Å². The number of carbonyl (C=O) groups is 1. The maximum Gasteiger partial charge on any atom is 0.416 e. The summed E-state index contributed by atoms with van der Waals surface area (Å²) < 4.78 is 55.1. The van der Waals surface area contributed by atoms with E-state index in [4.69, 9.17) is 13.9 Å². The van der Waals surface area contributed by atoms with E-state index in [-0.39, 0.29) is 13.2 Å². The van der Waals surface area contributed by atoms with E-state index in [1.165, 1.54) is 23.9 Å². The lowest BCUT2D eigenvalue weighted by atomic mass is 10.1. The van der Waals surface area contributed by atoms with Crippen molar-refractivity contribution in [1.82, 2.24) is 0 Å². The van der Waals surface area contributed by atoms with Crippen LogP contribution in [-0.2, 0) is 34.7 Å². The van der Waals surface area contributed by atoms with Gasteiger partial charge in [0.1, 0.15) is 35.2 Å². The first kappa shape index (κ1) is 26.7. The van der Waals surface area contributed by atoms with Crippen LogP contribution in [-0.4, -0.2) is 22.4 Å². The molecule has 0 aliphatic carbocycles. The lowest BCUT2D eigenvalue weighted by Gasteiger charge is -2.18. The largest absolute Gasteiger partial charge is 0.489 e. The van der Waals surface area contributed by atoms with E-state index in [1.807, 2.05) is 25.1 Å². The Bertz CT molecular complexity index is 1140. The number of hydrogen-bond donors (Lipinski definition) is 1. The highest BCUT2D eigenvalue weighted by Gasteiger charge is 2.30. The van der Waals surface area contributed by atoms with Gasteiger partial charge in [-0.1, -0.05) is 24.3 Å². The van der Waals surface area contributed by atoms with Gasteiger partial charge in [-0.05, 0) is 56.7 Å². The zero-order valence-electron chi connectivity index (χ0n) is 19.6. The Morgan fingerprint density at radius 1 is 1.06 bits per heavy atom. The van der Waals surface area contributed by atoms with E-state index < -0.39 is 22.5 Å². The number of halogens is 3. The Morgan fingerprint density at radius 3 is 2.40 bits per heavy atom. The van der Waals surface area contributed by atoms with Crippen molar-refractivity contribution in [2.45, 2.75) is 50.7 Å². The molecule has 0 radical (unpaired) electrons. The summed E-state index contributed by atoms with van der Waals surface area (Å²) in [5.41, 5.74) is 1.44. The molecule has 0 saturated heterocycles. The van der Waals surface area contributed by atoms with Gasteiger partial charge in [0.05, 0.1) is 5.56 Å². The van der Waals surface area contributed by atoms with Gasteiger partial charge in [0.15, 0.2) is 0 Å². The first-order chi connectivity index (χ1) is 16.5. The van der Waals surface area contributed by atoms with E-state index >= 15 is 0 Å². The summed E-state index contributed by atoms with van der Waals surface area (Å²) in [6.07, 6.45) is -4.41. The number of hydrogen-bond acceptors (Lipinski definition) is 5. The number of benzene rings is 2. The molecule has 0 saturated carbocycles. The zero-order valence-corrected chi connectivity index (χ0v) is 20.5. The van der Waals surface area contributed by atoms with Crippen LogP contribution in [0.1, 0.15) is 43.2 Å². The van der Waals surface area contributed by atoms with E-state index in [9.17, 15) is 23.1 Å². The lowest BCUT2D eigenvalue weighted by molar-refractivity contribution is -0.139. The van der Waals surface area contributed by atoms with Crippen LogP contribution in [0.15, 0.2) is 59.0 Å². The molecular formula is C26H27F3O5S. The molecule has 0 atom stereocenters. The average molecular weight is 509 g/mol. The standard InChI is InChI=1S/C26H27F3O5S/c1-4-32-15-23-19(13-22(34-23)18-8-10-20(11-9-18)26(27,28)29)14-33-21-7-5-6-17(12-21)16-35-25(2,3)24(30)31/h5-13H,4,14-16H2,1-3H3,(H,30,31). The first-order valence-electron chi connectivity index (χ1n) is 11.0. The van der Waals surface area contributed by atoms with Gasteiger partial charge >= 0.3 is 12.1 Å².